The van der Waals surface area contributed by atoms with Crippen LogP contribution in [0.25, 0.3) is 17.1 Å². The molecule has 1 amide bonds. The summed E-state index contributed by atoms with van der Waals surface area (Å²) in [6, 6.07) is 7.24. The second kappa shape index (κ2) is 9.45. The number of carbonyl (C=O) groups excluding carboxylic acids is 1. The Hall–Kier alpha value is -3.89. The predicted octanol–water partition coefficient (Wildman–Crippen LogP) is 5.39. The maximum atomic E-state index is 13.9. The SMILES string of the molecule is Cc1cc(OCc2ncc(F)cc2F)c(Cl)c(=O)n1-c1cc(-c2ccc3c(n2)C(C)(C)C(=O)N3)ncc1Cl. The first-order chi connectivity index (χ1) is 18.0. The van der Waals surface area contributed by atoms with Crippen molar-refractivity contribution in [3.63, 3.8) is 0 Å². The zero-order valence-electron chi connectivity index (χ0n) is 20.3. The Labute approximate surface area is 225 Å². The fourth-order valence-corrected chi connectivity index (χ4v) is 4.47. The first-order valence-electron chi connectivity index (χ1n) is 11.3. The highest BCUT2D eigenvalue weighted by Gasteiger charge is 2.40. The minimum Gasteiger partial charge on any atom is -0.485 e. The molecular formula is C26H19Cl2F2N5O3. The summed E-state index contributed by atoms with van der Waals surface area (Å²) in [4.78, 5) is 38.2. The van der Waals surface area contributed by atoms with Gasteiger partial charge in [0.1, 0.15) is 28.9 Å². The normalized spacial score (nSPS) is 13.8. The van der Waals surface area contributed by atoms with Crippen LogP contribution in [0.15, 0.2) is 47.5 Å². The summed E-state index contributed by atoms with van der Waals surface area (Å²) < 4.78 is 33.9. The second-order valence-corrected chi connectivity index (χ2v) is 9.95. The average molecular weight is 558 g/mol. The highest BCUT2D eigenvalue weighted by Crippen LogP contribution is 2.37. The summed E-state index contributed by atoms with van der Waals surface area (Å²) >= 11 is 12.8. The molecule has 0 fully saturated rings. The maximum absolute atomic E-state index is 13.9. The zero-order chi connectivity index (χ0) is 27.4. The van der Waals surface area contributed by atoms with Gasteiger partial charge in [-0.05, 0) is 39.0 Å². The van der Waals surface area contributed by atoms with Gasteiger partial charge >= 0.3 is 0 Å². The number of aryl methyl sites for hydroxylation is 1. The number of rotatable bonds is 5. The lowest BCUT2D eigenvalue weighted by atomic mass is 9.90. The Morgan fingerprint density at radius 1 is 1.05 bits per heavy atom. The minimum atomic E-state index is -0.883. The molecule has 0 aromatic carbocycles. The van der Waals surface area contributed by atoms with Gasteiger partial charge in [-0.25, -0.2) is 13.8 Å². The van der Waals surface area contributed by atoms with E-state index in [1.54, 1.807) is 39.0 Å². The molecule has 0 saturated heterocycles. The predicted molar refractivity (Wildman–Crippen MR) is 138 cm³/mol. The van der Waals surface area contributed by atoms with Crippen LogP contribution in [0.2, 0.25) is 10.0 Å². The highest BCUT2D eigenvalue weighted by atomic mass is 35.5. The first kappa shape index (κ1) is 25.7. The molecule has 0 saturated carbocycles. The molecule has 1 aliphatic heterocycles. The lowest BCUT2D eigenvalue weighted by Crippen LogP contribution is -2.27. The van der Waals surface area contributed by atoms with Crippen LogP contribution in [-0.2, 0) is 16.8 Å². The van der Waals surface area contributed by atoms with Crippen LogP contribution in [0.5, 0.6) is 5.75 Å². The molecule has 5 rings (SSSR count). The van der Waals surface area contributed by atoms with Gasteiger partial charge in [-0.3, -0.25) is 24.1 Å². The minimum absolute atomic E-state index is 0.000955. The number of carbonyl (C=O) groups is 1. The Kier molecular flexibility index (Phi) is 6.40. The molecule has 5 heterocycles. The van der Waals surface area contributed by atoms with E-state index in [2.05, 4.69) is 20.3 Å². The van der Waals surface area contributed by atoms with E-state index in [0.717, 1.165) is 6.20 Å². The van der Waals surface area contributed by atoms with E-state index in [0.29, 0.717) is 40.2 Å². The van der Waals surface area contributed by atoms with Crippen molar-refractivity contribution in [3.8, 4) is 22.8 Å². The third-order valence-electron chi connectivity index (χ3n) is 6.19. The Bertz CT molecular complexity index is 1690. The van der Waals surface area contributed by atoms with Crippen molar-refractivity contribution in [2.24, 2.45) is 0 Å². The largest absolute Gasteiger partial charge is 0.485 e. The van der Waals surface area contributed by atoms with E-state index < -0.39 is 22.6 Å². The molecule has 8 nitrogen and oxygen atoms in total. The molecule has 0 bridgehead atoms. The van der Waals surface area contributed by atoms with Gasteiger partial charge in [0.05, 0.1) is 45.1 Å². The summed E-state index contributed by atoms with van der Waals surface area (Å²) in [5.74, 6) is -1.86. The summed E-state index contributed by atoms with van der Waals surface area (Å²) in [6.07, 6.45) is 2.25. The van der Waals surface area contributed by atoms with Gasteiger partial charge in [0, 0.05) is 24.0 Å². The van der Waals surface area contributed by atoms with E-state index >= 15 is 0 Å². The molecule has 4 aromatic rings. The van der Waals surface area contributed by atoms with E-state index in [1.807, 2.05) is 0 Å². The lowest BCUT2D eigenvalue weighted by Gasteiger charge is -2.17. The number of nitrogens with zero attached hydrogens (tertiary/aromatic N) is 4. The van der Waals surface area contributed by atoms with Crippen LogP contribution in [0.1, 0.15) is 30.9 Å². The van der Waals surface area contributed by atoms with Gasteiger partial charge in [-0.15, -0.1) is 0 Å². The average Bonchev–Trinajstić information content (AvgIpc) is 3.10. The molecular weight excluding hydrogens is 539 g/mol. The summed E-state index contributed by atoms with van der Waals surface area (Å²) in [5.41, 5.74) is 1.24. The van der Waals surface area contributed by atoms with Gasteiger partial charge in [-0.1, -0.05) is 23.2 Å². The molecule has 1 N–H and O–H groups in total. The number of ether oxygens (including phenoxy) is 1. The van der Waals surface area contributed by atoms with Crippen LogP contribution >= 0.6 is 23.2 Å². The number of hydrogen-bond acceptors (Lipinski definition) is 6. The Morgan fingerprint density at radius 2 is 1.82 bits per heavy atom. The van der Waals surface area contributed by atoms with E-state index in [4.69, 9.17) is 27.9 Å². The third kappa shape index (κ3) is 4.39. The van der Waals surface area contributed by atoms with Crippen LogP contribution in [0.4, 0.5) is 14.5 Å². The van der Waals surface area contributed by atoms with Gasteiger partial charge in [0.25, 0.3) is 5.56 Å². The number of halogens is 4. The van der Waals surface area contributed by atoms with Crippen LogP contribution in [0.3, 0.4) is 0 Å². The molecule has 0 radical (unpaired) electrons. The standard InChI is InChI=1S/C26H19Cl2F2N5O3/c1-12-6-21(38-11-19-15(30)7-13(29)9-31-19)22(28)24(36)35(12)20-8-18(32-10-14(20)27)16-4-5-17-23(33-16)26(2,3)25(37)34-17/h4-10H,11H2,1-3H3,(H,34,37). The Morgan fingerprint density at radius 3 is 2.55 bits per heavy atom. The van der Waals surface area contributed by atoms with Crippen molar-refractivity contribution in [3.05, 3.63) is 91.8 Å². The van der Waals surface area contributed by atoms with Crippen LogP contribution in [-0.4, -0.2) is 25.4 Å². The third-order valence-corrected chi connectivity index (χ3v) is 6.83. The van der Waals surface area contributed by atoms with Gasteiger partial charge < -0.3 is 10.1 Å². The maximum Gasteiger partial charge on any atom is 0.277 e. The number of fused-ring (bicyclic) bond motifs is 1. The number of aromatic nitrogens is 4. The molecule has 0 spiro atoms. The number of amides is 1. The van der Waals surface area contributed by atoms with Crippen molar-refractivity contribution in [1.29, 1.82) is 0 Å². The van der Waals surface area contributed by atoms with Crippen molar-refractivity contribution < 1.29 is 18.3 Å². The quantitative estimate of drug-likeness (QED) is 0.353. The molecule has 0 atom stereocenters. The van der Waals surface area contributed by atoms with Crippen molar-refractivity contribution in [2.45, 2.75) is 32.8 Å². The molecule has 0 aliphatic carbocycles. The molecule has 0 unspecified atom stereocenters. The van der Waals surface area contributed by atoms with Crippen molar-refractivity contribution in [2.75, 3.05) is 5.32 Å². The van der Waals surface area contributed by atoms with Crippen LogP contribution < -0.4 is 15.6 Å². The van der Waals surface area contributed by atoms with Gasteiger partial charge in [0.15, 0.2) is 5.82 Å². The molecule has 12 heteroatoms. The van der Waals surface area contributed by atoms with Crippen molar-refractivity contribution in [1.82, 2.24) is 19.5 Å². The Balaban J connectivity index is 1.51. The van der Waals surface area contributed by atoms with Gasteiger partial charge in [-0.2, -0.15) is 0 Å². The van der Waals surface area contributed by atoms with Crippen molar-refractivity contribution >= 4 is 34.8 Å². The summed E-state index contributed by atoms with van der Waals surface area (Å²) in [7, 11) is 0. The zero-order valence-corrected chi connectivity index (χ0v) is 21.8. The number of hydrogen-bond donors (Lipinski definition) is 1. The lowest BCUT2D eigenvalue weighted by molar-refractivity contribution is -0.119. The fourth-order valence-electron chi connectivity index (χ4n) is 4.09. The monoisotopic (exact) mass is 557 g/mol. The molecule has 4 aromatic heterocycles. The number of pyridine rings is 4. The highest BCUT2D eigenvalue weighted by molar-refractivity contribution is 6.33. The summed E-state index contributed by atoms with van der Waals surface area (Å²) in [5, 5.41) is 2.72. The summed E-state index contributed by atoms with van der Waals surface area (Å²) in [6.45, 7) is 4.83. The first-order valence-corrected chi connectivity index (χ1v) is 12.1. The van der Waals surface area contributed by atoms with Crippen LogP contribution in [0, 0.1) is 18.6 Å². The fraction of sp³-hybridized carbons (Fsp3) is 0.192. The number of nitrogens with one attached hydrogen (secondary N) is 1. The van der Waals surface area contributed by atoms with E-state index in [-0.39, 0.29) is 34.0 Å². The second-order valence-electron chi connectivity index (χ2n) is 9.17. The molecule has 194 valence electrons. The molecule has 38 heavy (non-hydrogen) atoms. The van der Waals surface area contributed by atoms with E-state index in [9.17, 15) is 18.4 Å². The van der Waals surface area contributed by atoms with E-state index in [1.165, 1.54) is 16.8 Å². The van der Waals surface area contributed by atoms with Gasteiger partial charge in [0.2, 0.25) is 5.91 Å². The number of anilines is 1. The smallest absolute Gasteiger partial charge is 0.277 e. The molecule has 1 aliphatic rings. The topological polar surface area (TPSA) is 99.0 Å².